The van der Waals surface area contributed by atoms with Gasteiger partial charge in [-0.2, -0.15) is 0 Å². The average Bonchev–Trinajstić information content (AvgIpc) is 2.62. The largest absolute Gasteiger partial charge is 0.462 e. The van der Waals surface area contributed by atoms with E-state index in [1.807, 2.05) is 4.90 Å². The third-order valence-corrected chi connectivity index (χ3v) is 5.44. The Balaban J connectivity index is 1.70. The van der Waals surface area contributed by atoms with Crippen molar-refractivity contribution in [3.05, 3.63) is 0 Å². The predicted octanol–water partition coefficient (Wildman–Crippen LogP) is 1.18. The number of fused-ring (bicyclic) bond motifs is 2. The number of carbonyl (C=O) groups excluding carboxylic acids is 1. The first-order chi connectivity index (χ1) is 8.75. The fraction of sp³-hybridized carbons (Fsp3) is 0.933. The van der Waals surface area contributed by atoms with Crippen molar-refractivity contribution >= 4 is 5.97 Å². The molecule has 0 amide bonds. The van der Waals surface area contributed by atoms with Gasteiger partial charge in [0.15, 0.2) is 0 Å². The highest BCUT2D eigenvalue weighted by Crippen LogP contribution is 2.43. The summed E-state index contributed by atoms with van der Waals surface area (Å²) in [7, 11) is 0. The molecule has 1 heterocycles. The molecule has 3 rings (SSSR count). The highest BCUT2D eigenvalue weighted by Gasteiger charge is 2.50. The molecule has 2 saturated carbocycles. The lowest BCUT2D eigenvalue weighted by Crippen LogP contribution is -3.17. The van der Waals surface area contributed by atoms with E-state index in [0.717, 1.165) is 6.04 Å². The van der Waals surface area contributed by atoms with Crippen molar-refractivity contribution in [2.75, 3.05) is 13.1 Å². The zero-order valence-corrected chi connectivity index (χ0v) is 11.5. The third kappa shape index (κ3) is 2.29. The molecule has 1 saturated heterocycles. The molecule has 1 aliphatic heterocycles. The van der Waals surface area contributed by atoms with Crippen LogP contribution in [0.3, 0.4) is 0 Å². The Morgan fingerprint density at radius 3 is 2.50 bits per heavy atom. The topological polar surface area (TPSA) is 30.7 Å². The van der Waals surface area contributed by atoms with Gasteiger partial charge in [0.05, 0.1) is 19.1 Å². The van der Waals surface area contributed by atoms with Gasteiger partial charge in [-0.3, -0.25) is 4.79 Å². The van der Waals surface area contributed by atoms with Crippen molar-refractivity contribution in [3.63, 3.8) is 0 Å². The summed E-state index contributed by atoms with van der Waals surface area (Å²) in [6.07, 6.45) is 9.65. The number of quaternary nitrogens is 1. The lowest BCUT2D eigenvalue weighted by Gasteiger charge is -2.40. The Hall–Kier alpha value is -0.570. The van der Waals surface area contributed by atoms with E-state index < -0.39 is 0 Å². The molecule has 4 atom stereocenters. The Bertz CT molecular complexity index is 312. The molecule has 0 aromatic heterocycles. The molecule has 3 heteroatoms. The fourth-order valence-electron chi connectivity index (χ4n) is 4.69. The molecule has 0 radical (unpaired) electrons. The number of hydrogen-bond donors (Lipinski definition) is 1. The highest BCUT2D eigenvalue weighted by molar-refractivity contribution is 5.66. The fourth-order valence-corrected chi connectivity index (χ4v) is 4.69. The molecule has 0 aromatic carbocycles. The van der Waals surface area contributed by atoms with E-state index in [2.05, 4.69) is 0 Å². The SMILES string of the molecule is CC(=O)O[C@@H]1[C@H]2CC[C@@H]1[C@H]([NH+]1CCCCC1)CC2. The number of carbonyl (C=O) groups is 1. The van der Waals surface area contributed by atoms with E-state index in [4.69, 9.17) is 4.74 Å². The molecule has 2 aliphatic carbocycles. The second-order valence-corrected chi connectivity index (χ2v) is 6.48. The van der Waals surface area contributed by atoms with Crippen molar-refractivity contribution in [1.29, 1.82) is 0 Å². The molecule has 3 aliphatic rings. The predicted molar refractivity (Wildman–Crippen MR) is 69.3 cm³/mol. The van der Waals surface area contributed by atoms with E-state index in [1.54, 1.807) is 6.92 Å². The summed E-state index contributed by atoms with van der Waals surface area (Å²) in [4.78, 5) is 13.1. The number of nitrogens with one attached hydrogen (secondary N) is 1. The molecule has 18 heavy (non-hydrogen) atoms. The van der Waals surface area contributed by atoms with Crippen LogP contribution in [0.5, 0.6) is 0 Å². The van der Waals surface area contributed by atoms with Gasteiger partial charge in [0, 0.05) is 19.3 Å². The summed E-state index contributed by atoms with van der Waals surface area (Å²) >= 11 is 0. The minimum Gasteiger partial charge on any atom is -0.462 e. The van der Waals surface area contributed by atoms with Crippen LogP contribution in [-0.2, 0) is 9.53 Å². The minimum atomic E-state index is -0.0776. The molecule has 0 aromatic rings. The number of ether oxygens (including phenoxy) is 1. The molecular weight excluding hydrogens is 226 g/mol. The summed E-state index contributed by atoms with van der Waals surface area (Å²) in [5.41, 5.74) is 0. The normalized spacial score (nSPS) is 40.7. The van der Waals surface area contributed by atoms with Gasteiger partial charge in [-0.05, 0) is 44.4 Å². The van der Waals surface area contributed by atoms with E-state index in [0.29, 0.717) is 11.8 Å². The van der Waals surface area contributed by atoms with Gasteiger partial charge in [0.25, 0.3) is 0 Å². The van der Waals surface area contributed by atoms with Crippen LogP contribution in [0.2, 0.25) is 0 Å². The van der Waals surface area contributed by atoms with Crippen molar-refractivity contribution in [2.45, 2.75) is 64.0 Å². The lowest BCUT2D eigenvalue weighted by molar-refractivity contribution is -0.935. The Kier molecular flexibility index (Phi) is 3.60. The van der Waals surface area contributed by atoms with Crippen molar-refractivity contribution in [2.24, 2.45) is 11.8 Å². The second-order valence-electron chi connectivity index (χ2n) is 6.48. The van der Waals surface area contributed by atoms with Crippen LogP contribution in [-0.4, -0.2) is 31.2 Å². The van der Waals surface area contributed by atoms with Gasteiger partial charge in [0.1, 0.15) is 6.10 Å². The number of hydrogen-bond acceptors (Lipinski definition) is 2. The molecule has 3 fully saturated rings. The second kappa shape index (κ2) is 5.20. The van der Waals surface area contributed by atoms with Crippen molar-refractivity contribution in [3.8, 4) is 0 Å². The smallest absolute Gasteiger partial charge is 0.302 e. The number of piperidine rings is 1. The molecule has 2 bridgehead atoms. The summed E-state index contributed by atoms with van der Waals surface area (Å²) in [6, 6.07) is 0.772. The molecule has 102 valence electrons. The van der Waals surface area contributed by atoms with Crippen LogP contribution < -0.4 is 4.90 Å². The number of rotatable bonds is 2. The molecule has 1 N–H and O–H groups in total. The Labute approximate surface area is 110 Å². The van der Waals surface area contributed by atoms with Crippen molar-refractivity contribution < 1.29 is 14.4 Å². The molecule has 0 spiro atoms. The quantitative estimate of drug-likeness (QED) is 0.748. The summed E-state index contributed by atoms with van der Waals surface area (Å²) in [6.45, 7) is 4.26. The monoisotopic (exact) mass is 252 g/mol. The van der Waals surface area contributed by atoms with Crippen molar-refractivity contribution in [1.82, 2.24) is 0 Å². The summed E-state index contributed by atoms with van der Waals surface area (Å²) in [5.74, 6) is 1.24. The molecule has 0 unspecified atom stereocenters. The van der Waals surface area contributed by atoms with Gasteiger partial charge >= 0.3 is 5.97 Å². The molecular formula is C15H26NO2+. The van der Waals surface area contributed by atoms with Crippen LogP contribution in [0, 0.1) is 11.8 Å². The zero-order chi connectivity index (χ0) is 12.5. The maximum atomic E-state index is 11.3. The van der Waals surface area contributed by atoms with Crippen LogP contribution in [0.15, 0.2) is 0 Å². The van der Waals surface area contributed by atoms with Gasteiger partial charge < -0.3 is 9.64 Å². The van der Waals surface area contributed by atoms with Gasteiger partial charge in [-0.25, -0.2) is 0 Å². The maximum Gasteiger partial charge on any atom is 0.302 e. The van der Waals surface area contributed by atoms with E-state index in [9.17, 15) is 4.79 Å². The van der Waals surface area contributed by atoms with Crippen LogP contribution in [0.1, 0.15) is 51.9 Å². The van der Waals surface area contributed by atoms with Crippen LogP contribution in [0.4, 0.5) is 0 Å². The third-order valence-electron chi connectivity index (χ3n) is 5.44. The zero-order valence-electron chi connectivity index (χ0n) is 11.5. The van der Waals surface area contributed by atoms with Gasteiger partial charge in [-0.1, -0.05) is 0 Å². The van der Waals surface area contributed by atoms with E-state index in [-0.39, 0.29) is 12.1 Å². The molecule has 3 nitrogen and oxygen atoms in total. The summed E-state index contributed by atoms with van der Waals surface area (Å²) < 4.78 is 5.65. The van der Waals surface area contributed by atoms with Gasteiger partial charge in [-0.15, -0.1) is 0 Å². The Morgan fingerprint density at radius 2 is 1.78 bits per heavy atom. The summed E-state index contributed by atoms with van der Waals surface area (Å²) in [5, 5.41) is 0. The Morgan fingerprint density at radius 1 is 1.06 bits per heavy atom. The van der Waals surface area contributed by atoms with Crippen LogP contribution in [0.25, 0.3) is 0 Å². The first-order valence-corrected chi connectivity index (χ1v) is 7.77. The van der Waals surface area contributed by atoms with Crippen LogP contribution >= 0.6 is 0 Å². The van der Waals surface area contributed by atoms with E-state index in [1.165, 1.54) is 58.0 Å². The first kappa shape index (κ1) is 12.5. The average molecular weight is 252 g/mol. The first-order valence-electron chi connectivity index (χ1n) is 7.77. The van der Waals surface area contributed by atoms with Gasteiger partial charge in [0.2, 0.25) is 0 Å². The highest BCUT2D eigenvalue weighted by atomic mass is 16.5. The number of likely N-dealkylation sites (tertiary alicyclic amines) is 1. The number of esters is 1. The van der Waals surface area contributed by atoms with E-state index >= 15 is 0 Å². The minimum absolute atomic E-state index is 0.0776. The maximum absolute atomic E-state index is 11.3. The standard InChI is InChI=1S/C15H25NO2/c1-11(17)18-15-12-5-7-13(15)14(8-6-12)16-9-3-2-4-10-16/h12-15H,2-10H2,1H3/p+1/t12-,13+,14+,15+/m0/s1. The lowest BCUT2D eigenvalue weighted by atomic mass is 9.80.